The summed E-state index contributed by atoms with van der Waals surface area (Å²) in [6.07, 6.45) is 2.33. The molecule has 1 aliphatic heterocycles. The third-order valence-electron chi connectivity index (χ3n) is 4.50. The van der Waals surface area contributed by atoms with Crippen molar-refractivity contribution >= 4 is 33.1 Å². The zero-order valence-corrected chi connectivity index (χ0v) is 15.8. The summed E-state index contributed by atoms with van der Waals surface area (Å²) in [6, 6.07) is 5.93. The van der Waals surface area contributed by atoms with Crippen molar-refractivity contribution < 1.29 is 4.74 Å². The first-order valence-corrected chi connectivity index (χ1v) is 9.71. The SMILES string of the molecule is C[C@@H]1CN(CCNc2cc(N)nc3cc(-c4ccn[nH]4)sc23)C[C@H](C)O1. The van der Waals surface area contributed by atoms with E-state index in [0.29, 0.717) is 5.82 Å². The summed E-state index contributed by atoms with van der Waals surface area (Å²) in [6.45, 7) is 8.04. The normalized spacial score (nSPS) is 21.3. The highest BCUT2D eigenvalue weighted by molar-refractivity contribution is 7.22. The first-order valence-electron chi connectivity index (χ1n) is 8.90. The molecule has 138 valence electrons. The molecule has 0 aliphatic carbocycles. The molecule has 0 amide bonds. The van der Waals surface area contributed by atoms with Gasteiger partial charge in [0.2, 0.25) is 0 Å². The molecule has 2 atom stereocenters. The summed E-state index contributed by atoms with van der Waals surface area (Å²) < 4.78 is 6.92. The van der Waals surface area contributed by atoms with Crippen LogP contribution < -0.4 is 11.1 Å². The summed E-state index contributed by atoms with van der Waals surface area (Å²) >= 11 is 1.69. The van der Waals surface area contributed by atoms with E-state index in [4.69, 9.17) is 10.5 Å². The van der Waals surface area contributed by atoms with E-state index in [0.717, 1.165) is 52.7 Å². The average molecular weight is 372 g/mol. The maximum absolute atomic E-state index is 6.01. The van der Waals surface area contributed by atoms with Crippen LogP contribution in [0.25, 0.3) is 20.8 Å². The minimum atomic E-state index is 0.288. The molecule has 1 saturated heterocycles. The first-order chi connectivity index (χ1) is 12.6. The Bertz CT molecular complexity index is 867. The number of aromatic amines is 1. The molecule has 0 bridgehead atoms. The quantitative estimate of drug-likeness (QED) is 0.638. The molecule has 1 fully saturated rings. The van der Waals surface area contributed by atoms with Crippen molar-refractivity contribution in [2.45, 2.75) is 26.1 Å². The van der Waals surface area contributed by atoms with Crippen LogP contribution in [0.2, 0.25) is 0 Å². The fraction of sp³-hybridized carbons (Fsp3) is 0.444. The highest BCUT2D eigenvalue weighted by Gasteiger charge is 2.21. The smallest absolute Gasteiger partial charge is 0.126 e. The Balaban J connectivity index is 1.49. The number of nitrogen functional groups attached to an aromatic ring is 1. The van der Waals surface area contributed by atoms with Gasteiger partial charge in [-0.3, -0.25) is 10.00 Å². The van der Waals surface area contributed by atoms with Gasteiger partial charge in [0, 0.05) is 38.4 Å². The third-order valence-corrected chi connectivity index (χ3v) is 5.69. The highest BCUT2D eigenvalue weighted by atomic mass is 32.1. The van der Waals surface area contributed by atoms with Crippen LogP contribution in [0, 0.1) is 0 Å². The van der Waals surface area contributed by atoms with Gasteiger partial charge in [0.15, 0.2) is 0 Å². The Morgan fingerprint density at radius 1 is 1.35 bits per heavy atom. The van der Waals surface area contributed by atoms with Gasteiger partial charge in [-0.25, -0.2) is 4.98 Å². The standard InChI is InChI=1S/C18H24N6OS/c1-11-9-24(10-12(2)25-11)6-5-20-14-8-17(19)22-15-7-16(26-18(14)15)13-3-4-21-23-13/h3-4,7-8,11-12H,5-6,9-10H2,1-2H3,(H,21,23)(H3,19,20,22)/t11-,12+. The Morgan fingerprint density at radius 2 is 2.15 bits per heavy atom. The second kappa shape index (κ2) is 7.22. The molecule has 3 aromatic rings. The lowest BCUT2D eigenvalue weighted by atomic mass is 10.2. The number of aromatic nitrogens is 3. The number of hydrogen-bond acceptors (Lipinski definition) is 7. The zero-order valence-electron chi connectivity index (χ0n) is 15.0. The van der Waals surface area contributed by atoms with Gasteiger partial charge >= 0.3 is 0 Å². The lowest BCUT2D eigenvalue weighted by Gasteiger charge is -2.35. The summed E-state index contributed by atoms with van der Waals surface area (Å²) in [5.74, 6) is 0.530. The minimum Gasteiger partial charge on any atom is -0.384 e. The van der Waals surface area contributed by atoms with E-state index >= 15 is 0 Å². The number of nitrogens with zero attached hydrogens (tertiary/aromatic N) is 3. The van der Waals surface area contributed by atoms with Crippen LogP contribution in [0.1, 0.15) is 13.8 Å². The molecule has 3 aromatic heterocycles. The van der Waals surface area contributed by atoms with Crippen LogP contribution in [0.4, 0.5) is 11.5 Å². The molecule has 0 spiro atoms. The van der Waals surface area contributed by atoms with Gasteiger partial charge in [-0.2, -0.15) is 5.10 Å². The largest absolute Gasteiger partial charge is 0.384 e. The topological polar surface area (TPSA) is 92.1 Å². The van der Waals surface area contributed by atoms with E-state index < -0.39 is 0 Å². The van der Waals surface area contributed by atoms with Gasteiger partial charge in [-0.05, 0) is 26.0 Å². The second-order valence-electron chi connectivity index (χ2n) is 6.83. The lowest BCUT2D eigenvalue weighted by molar-refractivity contribution is -0.0667. The van der Waals surface area contributed by atoms with Crippen molar-refractivity contribution in [1.82, 2.24) is 20.1 Å². The van der Waals surface area contributed by atoms with Crippen molar-refractivity contribution in [2.24, 2.45) is 0 Å². The van der Waals surface area contributed by atoms with E-state index in [2.05, 4.69) is 45.3 Å². The number of anilines is 2. The molecule has 1 aliphatic rings. The fourth-order valence-electron chi connectivity index (χ4n) is 3.52. The zero-order chi connectivity index (χ0) is 18.1. The maximum Gasteiger partial charge on any atom is 0.126 e. The van der Waals surface area contributed by atoms with Crippen molar-refractivity contribution in [2.75, 3.05) is 37.2 Å². The summed E-state index contributed by atoms with van der Waals surface area (Å²) in [4.78, 5) is 8.02. The number of fused-ring (bicyclic) bond motifs is 1. The molecular formula is C18H24N6OS. The summed E-state index contributed by atoms with van der Waals surface area (Å²) in [7, 11) is 0. The van der Waals surface area contributed by atoms with Gasteiger partial charge in [0.1, 0.15) is 5.82 Å². The Labute approximate surface area is 156 Å². The number of hydrogen-bond donors (Lipinski definition) is 3. The summed E-state index contributed by atoms with van der Waals surface area (Å²) in [5, 5.41) is 10.6. The number of morpholine rings is 1. The number of H-pyrrole nitrogens is 1. The number of nitrogens with one attached hydrogen (secondary N) is 2. The van der Waals surface area contributed by atoms with Crippen molar-refractivity contribution in [1.29, 1.82) is 0 Å². The number of rotatable bonds is 5. The number of ether oxygens (including phenoxy) is 1. The molecule has 26 heavy (non-hydrogen) atoms. The third kappa shape index (κ3) is 3.67. The molecule has 0 saturated carbocycles. The predicted octanol–water partition coefficient (Wildman–Crippen LogP) is 2.79. The molecule has 4 N–H and O–H groups in total. The molecular weight excluding hydrogens is 348 g/mol. The molecule has 4 rings (SSSR count). The van der Waals surface area contributed by atoms with Gasteiger partial charge in [-0.15, -0.1) is 11.3 Å². The predicted molar refractivity (Wildman–Crippen MR) is 107 cm³/mol. The van der Waals surface area contributed by atoms with Crippen molar-refractivity contribution in [3.8, 4) is 10.6 Å². The van der Waals surface area contributed by atoms with Crippen LogP contribution in [0.3, 0.4) is 0 Å². The molecule has 0 aromatic carbocycles. The molecule has 8 heteroatoms. The monoisotopic (exact) mass is 372 g/mol. The van der Waals surface area contributed by atoms with E-state index in [1.807, 2.05) is 12.1 Å². The second-order valence-corrected chi connectivity index (χ2v) is 7.89. The molecule has 0 radical (unpaired) electrons. The maximum atomic E-state index is 6.01. The van der Waals surface area contributed by atoms with E-state index in [1.54, 1.807) is 17.5 Å². The average Bonchev–Trinajstić information content (AvgIpc) is 3.22. The van der Waals surface area contributed by atoms with Crippen LogP contribution in [0.15, 0.2) is 24.4 Å². The first kappa shape index (κ1) is 17.3. The van der Waals surface area contributed by atoms with Crippen LogP contribution in [-0.2, 0) is 4.74 Å². The molecule has 0 unspecified atom stereocenters. The van der Waals surface area contributed by atoms with Gasteiger partial charge in [0.05, 0.1) is 38.7 Å². The van der Waals surface area contributed by atoms with Gasteiger partial charge in [0.25, 0.3) is 0 Å². The van der Waals surface area contributed by atoms with E-state index in [9.17, 15) is 0 Å². The fourth-order valence-corrected chi connectivity index (χ4v) is 4.58. The highest BCUT2D eigenvalue weighted by Crippen LogP contribution is 2.36. The summed E-state index contributed by atoms with van der Waals surface area (Å²) in [5.41, 5.74) is 8.96. The Hall–Kier alpha value is -2.16. The number of nitrogens with two attached hydrogens (primary N) is 1. The molecule has 7 nitrogen and oxygen atoms in total. The number of pyridine rings is 1. The van der Waals surface area contributed by atoms with Crippen molar-refractivity contribution in [3.05, 3.63) is 24.4 Å². The van der Waals surface area contributed by atoms with Crippen LogP contribution in [-0.4, -0.2) is 58.5 Å². The number of thiophene rings is 1. The lowest BCUT2D eigenvalue weighted by Crippen LogP contribution is -2.46. The van der Waals surface area contributed by atoms with Crippen LogP contribution in [0.5, 0.6) is 0 Å². The van der Waals surface area contributed by atoms with E-state index in [-0.39, 0.29) is 12.2 Å². The van der Waals surface area contributed by atoms with Gasteiger partial charge < -0.3 is 15.8 Å². The van der Waals surface area contributed by atoms with E-state index in [1.165, 1.54) is 0 Å². The van der Waals surface area contributed by atoms with Gasteiger partial charge in [-0.1, -0.05) is 0 Å². The minimum absolute atomic E-state index is 0.288. The Morgan fingerprint density at radius 3 is 2.88 bits per heavy atom. The molecule has 4 heterocycles. The van der Waals surface area contributed by atoms with Crippen LogP contribution >= 0.6 is 11.3 Å². The van der Waals surface area contributed by atoms with Crippen molar-refractivity contribution in [3.63, 3.8) is 0 Å². The Kier molecular flexibility index (Phi) is 4.80.